The van der Waals surface area contributed by atoms with E-state index in [1.165, 1.54) is 0 Å². The molecule has 5 heteroatoms. The summed E-state index contributed by atoms with van der Waals surface area (Å²) in [6.45, 7) is -0.0415. The highest BCUT2D eigenvalue weighted by Gasteiger charge is 2.08. The molecule has 1 rings (SSSR count). The first-order valence-electron chi connectivity index (χ1n) is 3.83. The summed E-state index contributed by atoms with van der Waals surface area (Å²) in [6.07, 6.45) is 2.35. The summed E-state index contributed by atoms with van der Waals surface area (Å²) in [5, 5.41) is 25.1. The molecule has 0 atom stereocenters. The summed E-state index contributed by atoms with van der Waals surface area (Å²) >= 11 is 0. The lowest BCUT2D eigenvalue weighted by Gasteiger charge is -2.06. The van der Waals surface area contributed by atoms with Gasteiger partial charge in [0.15, 0.2) is 0 Å². The molecular formula is C7H13N3O2. The van der Waals surface area contributed by atoms with Crippen LogP contribution in [0.3, 0.4) is 0 Å². The summed E-state index contributed by atoms with van der Waals surface area (Å²) in [6, 6.07) is 0. The number of nitrogens with zero attached hydrogens (tertiary/aromatic N) is 3. The van der Waals surface area contributed by atoms with Crippen molar-refractivity contribution in [2.24, 2.45) is 13.0 Å². The Balaban J connectivity index is 2.50. The van der Waals surface area contributed by atoms with Crippen LogP contribution in [0.2, 0.25) is 0 Å². The van der Waals surface area contributed by atoms with E-state index in [2.05, 4.69) is 10.3 Å². The molecule has 68 valence electrons. The Hall–Kier alpha value is -0.940. The van der Waals surface area contributed by atoms with Crippen molar-refractivity contribution in [2.45, 2.75) is 6.42 Å². The zero-order valence-corrected chi connectivity index (χ0v) is 7.01. The maximum Gasteiger partial charge on any atom is 0.0831 e. The average molecular weight is 171 g/mol. The van der Waals surface area contributed by atoms with Crippen molar-refractivity contribution < 1.29 is 10.2 Å². The Morgan fingerprint density at radius 2 is 2.17 bits per heavy atom. The summed E-state index contributed by atoms with van der Waals surface area (Å²) < 4.78 is 1.60. The first-order chi connectivity index (χ1) is 5.76. The van der Waals surface area contributed by atoms with Gasteiger partial charge in [-0.2, -0.15) is 0 Å². The van der Waals surface area contributed by atoms with Gasteiger partial charge in [-0.3, -0.25) is 4.68 Å². The monoisotopic (exact) mass is 171 g/mol. The van der Waals surface area contributed by atoms with Crippen LogP contribution >= 0.6 is 0 Å². The second kappa shape index (κ2) is 4.18. The molecule has 0 unspecified atom stereocenters. The third kappa shape index (κ3) is 2.28. The lowest BCUT2D eigenvalue weighted by Crippen LogP contribution is -2.14. The molecule has 0 aliphatic heterocycles. The maximum atomic E-state index is 8.78. The van der Waals surface area contributed by atoms with Crippen LogP contribution in [-0.2, 0) is 13.5 Å². The van der Waals surface area contributed by atoms with Crippen molar-refractivity contribution in [2.75, 3.05) is 13.2 Å². The predicted molar refractivity (Wildman–Crippen MR) is 42.4 cm³/mol. The van der Waals surface area contributed by atoms with Gasteiger partial charge in [0.05, 0.1) is 5.69 Å². The van der Waals surface area contributed by atoms with E-state index in [-0.39, 0.29) is 19.1 Å². The predicted octanol–water partition coefficient (Wildman–Crippen LogP) is -1.04. The third-order valence-electron chi connectivity index (χ3n) is 1.66. The molecule has 2 N–H and O–H groups in total. The molecule has 1 aromatic rings. The topological polar surface area (TPSA) is 71.2 Å². The van der Waals surface area contributed by atoms with Crippen molar-refractivity contribution in [3.8, 4) is 0 Å². The van der Waals surface area contributed by atoms with Gasteiger partial charge in [0.2, 0.25) is 0 Å². The molecule has 0 bridgehead atoms. The van der Waals surface area contributed by atoms with Gasteiger partial charge in [-0.05, 0) is 0 Å². The Kier molecular flexibility index (Phi) is 3.19. The minimum absolute atomic E-state index is 0.0208. The lowest BCUT2D eigenvalue weighted by atomic mass is 10.1. The zero-order valence-electron chi connectivity index (χ0n) is 7.01. The zero-order chi connectivity index (χ0) is 8.97. The molecule has 5 nitrogen and oxygen atoms in total. The molecule has 12 heavy (non-hydrogen) atoms. The number of hydrogen-bond acceptors (Lipinski definition) is 4. The molecule has 0 aliphatic carbocycles. The fourth-order valence-corrected chi connectivity index (χ4v) is 0.971. The second-order valence-corrected chi connectivity index (χ2v) is 2.82. The molecule has 0 spiro atoms. The molecule has 0 radical (unpaired) electrons. The van der Waals surface area contributed by atoms with Crippen molar-refractivity contribution in [1.82, 2.24) is 15.0 Å². The van der Waals surface area contributed by atoms with Crippen LogP contribution in [0.15, 0.2) is 6.20 Å². The summed E-state index contributed by atoms with van der Waals surface area (Å²) in [7, 11) is 1.78. The molecule has 0 saturated carbocycles. The quantitative estimate of drug-likeness (QED) is 0.607. The molecule has 1 heterocycles. The highest BCUT2D eigenvalue weighted by molar-refractivity contribution is 4.93. The molecule has 1 aromatic heterocycles. The van der Waals surface area contributed by atoms with Crippen LogP contribution in [0.25, 0.3) is 0 Å². The summed E-state index contributed by atoms with van der Waals surface area (Å²) in [5.41, 5.74) is 0.797. The molecule has 0 amide bonds. The third-order valence-corrected chi connectivity index (χ3v) is 1.66. The van der Waals surface area contributed by atoms with Gasteiger partial charge in [-0.15, -0.1) is 5.10 Å². The molecular weight excluding hydrogens is 158 g/mol. The van der Waals surface area contributed by atoms with Gasteiger partial charge in [0, 0.05) is 38.8 Å². The van der Waals surface area contributed by atoms with Crippen LogP contribution in [0, 0.1) is 5.92 Å². The van der Waals surface area contributed by atoms with Gasteiger partial charge in [0.1, 0.15) is 0 Å². The largest absolute Gasteiger partial charge is 0.396 e. The van der Waals surface area contributed by atoms with Gasteiger partial charge in [-0.1, -0.05) is 5.21 Å². The SMILES string of the molecule is Cn1cc(CC(CO)CO)nn1. The van der Waals surface area contributed by atoms with E-state index in [1.807, 2.05) is 0 Å². The van der Waals surface area contributed by atoms with E-state index in [0.717, 1.165) is 5.69 Å². The molecule has 0 fully saturated rings. The number of rotatable bonds is 4. The van der Waals surface area contributed by atoms with Gasteiger partial charge < -0.3 is 10.2 Å². The van der Waals surface area contributed by atoms with Crippen molar-refractivity contribution in [1.29, 1.82) is 0 Å². The van der Waals surface area contributed by atoms with Crippen LogP contribution < -0.4 is 0 Å². The smallest absolute Gasteiger partial charge is 0.0831 e. The van der Waals surface area contributed by atoms with Crippen molar-refractivity contribution in [3.63, 3.8) is 0 Å². The normalized spacial score (nSPS) is 11.0. The van der Waals surface area contributed by atoms with E-state index >= 15 is 0 Å². The van der Waals surface area contributed by atoms with E-state index in [4.69, 9.17) is 10.2 Å². The highest BCUT2D eigenvalue weighted by Crippen LogP contribution is 2.03. The minimum Gasteiger partial charge on any atom is -0.396 e. The standard InChI is InChI=1S/C7H13N3O2/c1-10-3-7(8-9-10)2-6(4-11)5-12/h3,6,11-12H,2,4-5H2,1H3. The van der Waals surface area contributed by atoms with Crippen LogP contribution in [0.4, 0.5) is 0 Å². The summed E-state index contributed by atoms with van der Waals surface area (Å²) in [4.78, 5) is 0. The number of aliphatic hydroxyl groups excluding tert-OH is 2. The van der Waals surface area contributed by atoms with Crippen LogP contribution in [-0.4, -0.2) is 38.4 Å². The average Bonchev–Trinajstić information content (AvgIpc) is 2.47. The first kappa shape index (κ1) is 9.15. The van der Waals surface area contributed by atoms with Gasteiger partial charge in [-0.25, -0.2) is 0 Å². The van der Waals surface area contributed by atoms with Crippen molar-refractivity contribution in [3.05, 3.63) is 11.9 Å². The van der Waals surface area contributed by atoms with Crippen LogP contribution in [0.5, 0.6) is 0 Å². The number of aryl methyl sites for hydroxylation is 1. The maximum absolute atomic E-state index is 8.78. The second-order valence-electron chi connectivity index (χ2n) is 2.82. The van der Waals surface area contributed by atoms with Crippen molar-refractivity contribution >= 4 is 0 Å². The first-order valence-corrected chi connectivity index (χ1v) is 3.83. The van der Waals surface area contributed by atoms with E-state index in [9.17, 15) is 0 Å². The van der Waals surface area contributed by atoms with Gasteiger partial charge in [0.25, 0.3) is 0 Å². The highest BCUT2D eigenvalue weighted by atomic mass is 16.3. The fraction of sp³-hybridized carbons (Fsp3) is 0.714. The Morgan fingerprint density at radius 3 is 2.58 bits per heavy atom. The van der Waals surface area contributed by atoms with E-state index < -0.39 is 0 Å². The summed E-state index contributed by atoms with van der Waals surface area (Å²) in [5.74, 6) is -0.123. The number of aromatic nitrogens is 3. The Bertz CT molecular complexity index is 232. The number of hydrogen-bond donors (Lipinski definition) is 2. The number of aliphatic hydroxyl groups is 2. The molecule has 0 aromatic carbocycles. The van der Waals surface area contributed by atoms with Gasteiger partial charge >= 0.3 is 0 Å². The molecule has 0 saturated heterocycles. The lowest BCUT2D eigenvalue weighted by molar-refractivity contribution is 0.149. The van der Waals surface area contributed by atoms with Crippen LogP contribution in [0.1, 0.15) is 5.69 Å². The minimum atomic E-state index is -0.123. The van der Waals surface area contributed by atoms with E-state index in [1.54, 1.807) is 17.9 Å². The fourth-order valence-electron chi connectivity index (χ4n) is 0.971. The Morgan fingerprint density at radius 1 is 1.50 bits per heavy atom. The molecule has 0 aliphatic rings. The van der Waals surface area contributed by atoms with E-state index in [0.29, 0.717) is 6.42 Å². The Labute approximate surface area is 70.6 Å².